The van der Waals surface area contributed by atoms with Gasteiger partial charge in [0.1, 0.15) is 0 Å². The van der Waals surface area contributed by atoms with Crippen molar-refractivity contribution in [3.05, 3.63) is 0 Å². The van der Waals surface area contributed by atoms with E-state index in [4.69, 9.17) is 0 Å². The lowest BCUT2D eigenvalue weighted by molar-refractivity contribution is 0.599. The van der Waals surface area contributed by atoms with E-state index in [2.05, 4.69) is 37.6 Å². The molecule has 0 saturated carbocycles. The second kappa shape index (κ2) is 2.93. The Labute approximate surface area is 61.8 Å². The fourth-order valence-corrected chi connectivity index (χ4v) is 2.53. The Balaban J connectivity index is 2.17. The molecule has 1 aliphatic rings. The van der Waals surface area contributed by atoms with Crippen molar-refractivity contribution >= 4 is 11.8 Å². The third-order valence-corrected chi connectivity index (χ3v) is 3.24. The van der Waals surface area contributed by atoms with Gasteiger partial charge in [0, 0.05) is 6.04 Å². The van der Waals surface area contributed by atoms with Gasteiger partial charge < -0.3 is 0 Å². The van der Waals surface area contributed by atoms with Gasteiger partial charge in [0.15, 0.2) is 0 Å². The summed E-state index contributed by atoms with van der Waals surface area (Å²) in [5, 5.41) is 0.847. The first-order valence-electron chi connectivity index (χ1n) is 3.64. The topological polar surface area (TPSA) is 3.01 Å². The maximum Gasteiger partial charge on any atom is 0.0715 e. The average Bonchev–Trinajstić information content (AvgIpc) is 2.44. The molecule has 0 aromatic carbocycles. The fourth-order valence-electron chi connectivity index (χ4n) is 1.26. The van der Waals surface area contributed by atoms with Crippen molar-refractivity contribution in [3.63, 3.8) is 0 Å². The van der Waals surface area contributed by atoms with Gasteiger partial charge in [0.05, 0.1) is 5.37 Å². The van der Waals surface area contributed by atoms with Crippen LogP contribution in [0.3, 0.4) is 0 Å². The first-order valence-corrected chi connectivity index (χ1v) is 4.69. The van der Waals surface area contributed by atoms with Crippen LogP contribution in [0, 0.1) is 0 Å². The zero-order valence-electron chi connectivity index (χ0n) is 6.42. The van der Waals surface area contributed by atoms with Crippen LogP contribution in [0.4, 0.5) is 0 Å². The summed E-state index contributed by atoms with van der Waals surface area (Å²) in [5.41, 5.74) is 0. The molecule has 1 aliphatic heterocycles. The minimum Gasteiger partial charge on any atom is -0.288 e. The summed E-state index contributed by atoms with van der Waals surface area (Å²) in [6, 6.07) is 0.884. The summed E-state index contributed by atoms with van der Waals surface area (Å²) in [6.07, 6.45) is 1.31. The molecule has 0 radical (unpaired) electrons. The average molecular weight is 145 g/mol. The number of nitrogens with zero attached hydrogens (tertiary/aromatic N) is 1. The largest absolute Gasteiger partial charge is 0.288 e. The third kappa shape index (κ3) is 1.41. The van der Waals surface area contributed by atoms with Crippen LogP contribution in [-0.4, -0.2) is 29.1 Å². The fraction of sp³-hybridized carbons (Fsp3) is 1.00. The molecule has 54 valence electrons. The molecule has 1 fully saturated rings. The van der Waals surface area contributed by atoms with Gasteiger partial charge >= 0.3 is 0 Å². The molecule has 0 spiro atoms. The number of likely N-dealkylation sites (N-methyl/N-ethyl adjacent to an activating group) is 1. The maximum absolute atomic E-state index is 2.44. The van der Waals surface area contributed by atoms with E-state index in [9.17, 15) is 0 Å². The normalized spacial score (nSPS) is 41.0. The first kappa shape index (κ1) is 7.42. The molecular weight excluding hydrogens is 130 g/mol. The number of thioether (sulfide) groups is 1. The Morgan fingerprint density at radius 1 is 1.44 bits per heavy atom. The van der Waals surface area contributed by atoms with Gasteiger partial charge in [-0.15, -0.1) is 11.8 Å². The van der Waals surface area contributed by atoms with Gasteiger partial charge in [-0.05, 0) is 19.2 Å². The van der Waals surface area contributed by atoms with Crippen LogP contribution in [0.15, 0.2) is 0 Å². The van der Waals surface area contributed by atoms with E-state index in [1.54, 1.807) is 0 Å². The highest BCUT2D eigenvalue weighted by Crippen LogP contribution is 2.36. The van der Waals surface area contributed by atoms with Crippen LogP contribution in [0.25, 0.3) is 0 Å². The first-order chi connectivity index (χ1) is 4.31. The van der Waals surface area contributed by atoms with E-state index >= 15 is 0 Å². The Kier molecular flexibility index (Phi) is 2.42. The maximum atomic E-state index is 2.44. The van der Waals surface area contributed by atoms with Gasteiger partial charge in [0.2, 0.25) is 0 Å². The van der Waals surface area contributed by atoms with E-state index in [0.29, 0.717) is 0 Å². The molecule has 0 amide bonds. The van der Waals surface area contributed by atoms with Crippen LogP contribution in [-0.2, 0) is 0 Å². The van der Waals surface area contributed by atoms with Crippen LogP contribution >= 0.6 is 11.8 Å². The summed E-state index contributed by atoms with van der Waals surface area (Å²) >= 11 is 2.06. The highest BCUT2D eigenvalue weighted by molar-refractivity contribution is 8.00. The summed E-state index contributed by atoms with van der Waals surface area (Å²) < 4.78 is 0. The van der Waals surface area contributed by atoms with Gasteiger partial charge in [-0.25, -0.2) is 0 Å². The molecule has 0 aromatic heterocycles. The Morgan fingerprint density at radius 2 is 2.11 bits per heavy atom. The smallest absolute Gasteiger partial charge is 0.0715 e. The number of hydrogen-bond acceptors (Lipinski definition) is 2. The minimum absolute atomic E-state index is 0.847. The lowest BCUT2D eigenvalue weighted by Crippen LogP contribution is -1.89. The molecule has 0 bridgehead atoms. The minimum atomic E-state index is 0.847. The number of rotatable bonds is 3. The van der Waals surface area contributed by atoms with Crippen molar-refractivity contribution in [1.29, 1.82) is 0 Å². The quantitative estimate of drug-likeness (QED) is 0.557. The zero-order chi connectivity index (χ0) is 6.85. The van der Waals surface area contributed by atoms with Crippen LogP contribution < -0.4 is 0 Å². The lowest BCUT2D eigenvalue weighted by atomic mass is 10.4. The monoisotopic (exact) mass is 145 g/mol. The van der Waals surface area contributed by atoms with E-state index in [1.165, 1.54) is 12.2 Å². The highest BCUT2D eigenvalue weighted by Gasteiger charge is 2.42. The molecule has 1 nitrogen and oxygen atoms in total. The van der Waals surface area contributed by atoms with E-state index in [1.807, 2.05) is 0 Å². The van der Waals surface area contributed by atoms with E-state index < -0.39 is 0 Å². The molecule has 0 aliphatic carbocycles. The predicted molar refractivity (Wildman–Crippen MR) is 43.8 cm³/mol. The second-order valence-electron chi connectivity index (χ2n) is 2.49. The lowest BCUT2D eigenvalue weighted by Gasteiger charge is -1.89. The molecule has 1 heterocycles. The third-order valence-electron chi connectivity index (χ3n) is 1.92. The van der Waals surface area contributed by atoms with Crippen molar-refractivity contribution in [2.24, 2.45) is 0 Å². The molecule has 0 aromatic rings. The van der Waals surface area contributed by atoms with Crippen molar-refractivity contribution < 1.29 is 0 Å². The highest BCUT2D eigenvalue weighted by atomic mass is 32.2. The van der Waals surface area contributed by atoms with E-state index in [0.717, 1.165) is 11.4 Å². The second-order valence-corrected chi connectivity index (χ2v) is 3.88. The molecule has 1 saturated heterocycles. The molecule has 3 unspecified atom stereocenters. The van der Waals surface area contributed by atoms with E-state index in [-0.39, 0.29) is 0 Å². The predicted octanol–water partition coefficient (Wildman–Crippen LogP) is 1.79. The van der Waals surface area contributed by atoms with Crippen molar-refractivity contribution in [2.45, 2.75) is 31.7 Å². The van der Waals surface area contributed by atoms with Gasteiger partial charge in [-0.2, -0.15) is 0 Å². The molecular formula is C7H15NS. The summed E-state index contributed by atoms with van der Waals surface area (Å²) in [7, 11) is 2.21. The van der Waals surface area contributed by atoms with Gasteiger partial charge in [-0.3, -0.25) is 4.90 Å². The summed E-state index contributed by atoms with van der Waals surface area (Å²) in [4.78, 5) is 2.44. The SMILES string of the molecule is CCSC1C(CC)N1C. The molecule has 3 atom stereocenters. The van der Waals surface area contributed by atoms with Crippen molar-refractivity contribution in [1.82, 2.24) is 4.90 Å². The molecule has 1 rings (SSSR count). The Hall–Kier alpha value is 0.310. The molecule has 2 heteroatoms. The van der Waals surface area contributed by atoms with Crippen molar-refractivity contribution in [2.75, 3.05) is 12.8 Å². The molecule has 0 N–H and O–H groups in total. The number of hydrogen-bond donors (Lipinski definition) is 0. The Bertz CT molecular complexity index is 94.9. The standard InChI is InChI=1S/C7H15NS/c1-4-6-7(8(6)3)9-5-2/h6-7H,4-5H2,1-3H3. The molecule has 9 heavy (non-hydrogen) atoms. The van der Waals surface area contributed by atoms with Crippen LogP contribution in [0.1, 0.15) is 20.3 Å². The Morgan fingerprint density at radius 3 is 2.44 bits per heavy atom. The summed E-state index contributed by atoms with van der Waals surface area (Å²) in [5.74, 6) is 1.26. The van der Waals surface area contributed by atoms with Crippen LogP contribution in [0.2, 0.25) is 0 Å². The van der Waals surface area contributed by atoms with Crippen molar-refractivity contribution in [3.8, 4) is 0 Å². The van der Waals surface area contributed by atoms with Crippen LogP contribution in [0.5, 0.6) is 0 Å². The van der Waals surface area contributed by atoms with Gasteiger partial charge in [-0.1, -0.05) is 13.8 Å². The van der Waals surface area contributed by atoms with Gasteiger partial charge in [0.25, 0.3) is 0 Å². The summed E-state index contributed by atoms with van der Waals surface area (Å²) in [6.45, 7) is 4.49. The zero-order valence-corrected chi connectivity index (χ0v) is 7.24.